The molecule has 2 unspecified atom stereocenters. The fourth-order valence-corrected chi connectivity index (χ4v) is 3.27. The van der Waals surface area contributed by atoms with Crippen LogP contribution in [0.4, 0.5) is 15.9 Å². The minimum absolute atomic E-state index is 0.00466. The van der Waals surface area contributed by atoms with E-state index >= 15 is 0 Å². The molecule has 0 aliphatic carbocycles. The standard InChI is InChI=1S/C21H27FN4O2/c1-14-7-8-16(12-18(14)22)24-21(27)15(2)26-11-9-17(13-26)28-19-6-5-10-23-20(19)25(3)4/h5-8,10,12,15,17H,9,11,13H2,1-4H3,(H,24,27). The van der Waals surface area contributed by atoms with Crippen LogP contribution in [0.3, 0.4) is 0 Å². The van der Waals surface area contributed by atoms with Gasteiger partial charge in [0.05, 0.1) is 6.04 Å². The van der Waals surface area contributed by atoms with Crippen LogP contribution in [0.25, 0.3) is 0 Å². The number of carbonyl (C=O) groups excluding carboxylic acids is 1. The molecule has 150 valence electrons. The van der Waals surface area contributed by atoms with E-state index in [1.807, 2.05) is 38.1 Å². The third kappa shape index (κ3) is 4.59. The average molecular weight is 386 g/mol. The molecule has 2 atom stereocenters. The quantitative estimate of drug-likeness (QED) is 0.827. The second kappa shape index (κ2) is 8.56. The number of halogens is 1. The van der Waals surface area contributed by atoms with Crippen molar-refractivity contribution < 1.29 is 13.9 Å². The summed E-state index contributed by atoms with van der Waals surface area (Å²) < 4.78 is 19.8. The van der Waals surface area contributed by atoms with Gasteiger partial charge < -0.3 is 15.0 Å². The summed E-state index contributed by atoms with van der Waals surface area (Å²) in [6.07, 6.45) is 2.57. The maximum absolute atomic E-state index is 13.7. The number of nitrogens with zero attached hydrogens (tertiary/aromatic N) is 3. The number of aryl methyl sites for hydroxylation is 1. The van der Waals surface area contributed by atoms with Crippen LogP contribution < -0.4 is 15.0 Å². The topological polar surface area (TPSA) is 57.7 Å². The van der Waals surface area contributed by atoms with Crippen LogP contribution in [0.5, 0.6) is 5.75 Å². The number of hydrogen-bond acceptors (Lipinski definition) is 5. The molecular formula is C21H27FN4O2. The highest BCUT2D eigenvalue weighted by molar-refractivity contribution is 5.94. The van der Waals surface area contributed by atoms with Crippen molar-refractivity contribution in [2.45, 2.75) is 32.4 Å². The minimum Gasteiger partial charge on any atom is -0.485 e. The average Bonchev–Trinajstić information content (AvgIpc) is 3.12. The summed E-state index contributed by atoms with van der Waals surface area (Å²) in [6, 6.07) is 8.15. The SMILES string of the molecule is Cc1ccc(NC(=O)C(C)N2CCC(Oc3cccnc3N(C)C)C2)cc1F. The highest BCUT2D eigenvalue weighted by Gasteiger charge is 2.31. The van der Waals surface area contributed by atoms with Gasteiger partial charge in [0.2, 0.25) is 5.91 Å². The summed E-state index contributed by atoms with van der Waals surface area (Å²) in [7, 11) is 3.85. The van der Waals surface area contributed by atoms with Crippen molar-refractivity contribution in [3.63, 3.8) is 0 Å². The van der Waals surface area contributed by atoms with Gasteiger partial charge in [0.1, 0.15) is 11.9 Å². The molecule has 2 heterocycles. The smallest absolute Gasteiger partial charge is 0.241 e. The monoisotopic (exact) mass is 386 g/mol. The van der Waals surface area contributed by atoms with Crippen LogP contribution >= 0.6 is 0 Å². The maximum Gasteiger partial charge on any atom is 0.241 e. The first-order valence-electron chi connectivity index (χ1n) is 9.45. The van der Waals surface area contributed by atoms with Crippen molar-refractivity contribution in [3.05, 3.63) is 47.9 Å². The van der Waals surface area contributed by atoms with Gasteiger partial charge in [-0.3, -0.25) is 9.69 Å². The molecule has 0 spiro atoms. The highest BCUT2D eigenvalue weighted by atomic mass is 19.1. The highest BCUT2D eigenvalue weighted by Crippen LogP contribution is 2.27. The molecule has 1 saturated heterocycles. The van der Waals surface area contributed by atoms with Crippen LogP contribution in [0, 0.1) is 12.7 Å². The Labute approximate surface area is 165 Å². The first-order chi connectivity index (χ1) is 13.3. The summed E-state index contributed by atoms with van der Waals surface area (Å²) in [5.41, 5.74) is 1.02. The van der Waals surface area contributed by atoms with Crippen LogP contribution in [-0.4, -0.2) is 55.1 Å². The lowest BCUT2D eigenvalue weighted by molar-refractivity contribution is -0.120. The first kappa shape index (κ1) is 20.1. The lowest BCUT2D eigenvalue weighted by Gasteiger charge is -2.24. The molecule has 6 nitrogen and oxygen atoms in total. The second-order valence-electron chi connectivity index (χ2n) is 7.37. The number of hydrogen-bond donors (Lipinski definition) is 1. The third-order valence-electron chi connectivity index (χ3n) is 5.01. The number of ether oxygens (including phenoxy) is 1. The van der Waals surface area contributed by atoms with Gasteiger partial charge in [-0.05, 0) is 50.1 Å². The number of carbonyl (C=O) groups is 1. The van der Waals surface area contributed by atoms with E-state index in [1.54, 1.807) is 25.3 Å². The Kier molecular flexibility index (Phi) is 6.14. The van der Waals surface area contributed by atoms with E-state index in [0.29, 0.717) is 17.8 Å². The van der Waals surface area contributed by atoms with Crippen molar-refractivity contribution in [1.29, 1.82) is 0 Å². The van der Waals surface area contributed by atoms with E-state index in [0.717, 1.165) is 24.5 Å². The van der Waals surface area contributed by atoms with Gasteiger partial charge in [0.25, 0.3) is 0 Å². The number of pyridine rings is 1. The number of nitrogens with one attached hydrogen (secondary N) is 1. The molecule has 3 rings (SSSR count). The van der Waals surface area contributed by atoms with Gasteiger partial charge in [0, 0.05) is 39.1 Å². The minimum atomic E-state index is -0.333. The van der Waals surface area contributed by atoms with Gasteiger partial charge >= 0.3 is 0 Å². The Hall–Kier alpha value is -2.67. The Bertz CT molecular complexity index is 843. The van der Waals surface area contributed by atoms with E-state index in [1.165, 1.54) is 6.07 Å². The Morgan fingerprint density at radius 1 is 1.39 bits per heavy atom. The normalized spacial score (nSPS) is 18.0. The molecule has 1 N–H and O–H groups in total. The van der Waals surface area contributed by atoms with Crippen molar-refractivity contribution in [2.75, 3.05) is 37.4 Å². The number of likely N-dealkylation sites (tertiary alicyclic amines) is 1. The maximum atomic E-state index is 13.7. The number of rotatable bonds is 6. The largest absolute Gasteiger partial charge is 0.485 e. The molecule has 28 heavy (non-hydrogen) atoms. The van der Waals surface area contributed by atoms with Gasteiger partial charge in [0.15, 0.2) is 11.6 Å². The molecule has 0 saturated carbocycles. The van der Waals surface area contributed by atoms with Crippen molar-refractivity contribution in [1.82, 2.24) is 9.88 Å². The van der Waals surface area contributed by atoms with E-state index in [-0.39, 0.29) is 23.9 Å². The molecule has 1 aromatic heterocycles. The van der Waals surface area contributed by atoms with Gasteiger partial charge in [-0.2, -0.15) is 0 Å². The first-order valence-corrected chi connectivity index (χ1v) is 9.45. The van der Waals surface area contributed by atoms with Crippen molar-refractivity contribution >= 4 is 17.4 Å². The zero-order valence-corrected chi connectivity index (χ0v) is 16.8. The molecule has 0 radical (unpaired) electrons. The van der Waals surface area contributed by atoms with Crippen LogP contribution in [0.15, 0.2) is 36.5 Å². The predicted octanol–water partition coefficient (Wildman–Crippen LogP) is 3.08. The van der Waals surface area contributed by atoms with E-state index < -0.39 is 0 Å². The van der Waals surface area contributed by atoms with Crippen molar-refractivity contribution in [3.8, 4) is 5.75 Å². The number of aromatic nitrogens is 1. The van der Waals surface area contributed by atoms with Crippen LogP contribution in [-0.2, 0) is 4.79 Å². The molecule has 2 aromatic rings. The molecule has 7 heteroatoms. The van der Waals surface area contributed by atoms with E-state index in [2.05, 4.69) is 15.2 Å². The fourth-order valence-electron chi connectivity index (χ4n) is 3.27. The predicted molar refractivity (Wildman–Crippen MR) is 108 cm³/mol. The lowest BCUT2D eigenvalue weighted by Crippen LogP contribution is -2.41. The van der Waals surface area contributed by atoms with Crippen LogP contribution in [0.2, 0.25) is 0 Å². The van der Waals surface area contributed by atoms with Crippen molar-refractivity contribution in [2.24, 2.45) is 0 Å². The lowest BCUT2D eigenvalue weighted by atomic mass is 10.2. The Balaban J connectivity index is 1.58. The molecule has 1 aliphatic rings. The number of anilines is 2. The third-order valence-corrected chi connectivity index (χ3v) is 5.01. The van der Waals surface area contributed by atoms with E-state index in [9.17, 15) is 9.18 Å². The molecule has 0 bridgehead atoms. The van der Waals surface area contributed by atoms with E-state index in [4.69, 9.17) is 4.74 Å². The summed E-state index contributed by atoms with van der Waals surface area (Å²) in [6.45, 7) is 4.97. The molecule has 1 fully saturated rings. The number of benzene rings is 1. The summed E-state index contributed by atoms with van der Waals surface area (Å²) in [5, 5.41) is 2.80. The van der Waals surface area contributed by atoms with Gasteiger partial charge in [-0.1, -0.05) is 6.07 Å². The van der Waals surface area contributed by atoms with Crippen LogP contribution in [0.1, 0.15) is 18.9 Å². The molecule has 1 amide bonds. The fraction of sp³-hybridized carbons (Fsp3) is 0.429. The molecule has 1 aromatic carbocycles. The number of amides is 1. The van der Waals surface area contributed by atoms with Gasteiger partial charge in [-0.25, -0.2) is 9.37 Å². The Morgan fingerprint density at radius 2 is 2.18 bits per heavy atom. The zero-order valence-electron chi connectivity index (χ0n) is 16.8. The summed E-state index contributed by atoms with van der Waals surface area (Å²) >= 11 is 0. The van der Waals surface area contributed by atoms with Gasteiger partial charge in [-0.15, -0.1) is 0 Å². The molecular weight excluding hydrogens is 359 g/mol. The summed E-state index contributed by atoms with van der Waals surface area (Å²) in [4.78, 5) is 20.9. The summed E-state index contributed by atoms with van der Waals surface area (Å²) in [5.74, 6) is 1.05. The Morgan fingerprint density at radius 3 is 2.89 bits per heavy atom. The second-order valence-corrected chi connectivity index (χ2v) is 7.37. The zero-order chi connectivity index (χ0) is 20.3. The molecule has 1 aliphatic heterocycles.